The van der Waals surface area contributed by atoms with Crippen LogP contribution in [0, 0.1) is 11.8 Å². The number of epoxide rings is 1. The van der Waals surface area contributed by atoms with Crippen molar-refractivity contribution in [3.8, 4) is 0 Å². The number of hydrogen-bond acceptors (Lipinski definition) is 3. The number of aliphatic hydroxyl groups excluding tert-OH is 1. The van der Waals surface area contributed by atoms with Gasteiger partial charge in [-0.2, -0.15) is 0 Å². The summed E-state index contributed by atoms with van der Waals surface area (Å²) in [5.41, 5.74) is 0. The fraction of sp³-hybridized carbons (Fsp3) is 0.900. The van der Waals surface area contributed by atoms with E-state index in [1.54, 1.807) is 0 Å². The number of Topliss-reactive ketones (excluding diaryl/α,β-unsaturated/α-hetero) is 1. The Balaban J connectivity index is 2.42. The van der Waals surface area contributed by atoms with Crippen LogP contribution in [0.3, 0.4) is 0 Å². The lowest BCUT2D eigenvalue weighted by Gasteiger charge is -2.10. The summed E-state index contributed by atoms with van der Waals surface area (Å²) in [5, 5.41) is 9.59. The number of carbonyl (C=O) groups excluding carboxylic acids is 1. The average Bonchev–Trinajstić information content (AvgIpc) is 2.80. The standard InChI is InChI=1S/C10H18O3/c1-5(2)7(11)9-10(13-9)8(12)6(3)4/h5-7,9-11H,1-4H3/t7-,9-,10+/m0/s1. The third-order valence-corrected chi connectivity index (χ3v) is 2.39. The van der Waals surface area contributed by atoms with Crippen LogP contribution in [0.2, 0.25) is 0 Å². The van der Waals surface area contributed by atoms with Gasteiger partial charge in [0.1, 0.15) is 12.2 Å². The fourth-order valence-corrected chi connectivity index (χ4v) is 1.32. The molecule has 1 fully saturated rings. The molecule has 3 atom stereocenters. The number of rotatable bonds is 4. The highest BCUT2D eigenvalue weighted by Gasteiger charge is 2.50. The quantitative estimate of drug-likeness (QED) is 0.666. The van der Waals surface area contributed by atoms with Crippen molar-refractivity contribution >= 4 is 5.78 Å². The molecule has 0 amide bonds. The molecule has 1 heterocycles. The zero-order chi connectivity index (χ0) is 10.2. The van der Waals surface area contributed by atoms with Crippen molar-refractivity contribution in [1.82, 2.24) is 0 Å². The minimum absolute atomic E-state index is 0.00522. The molecule has 0 saturated carbocycles. The van der Waals surface area contributed by atoms with Crippen LogP contribution in [-0.4, -0.2) is 29.2 Å². The van der Waals surface area contributed by atoms with E-state index >= 15 is 0 Å². The Morgan fingerprint density at radius 1 is 1.31 bits per heavy atom. The van der Waals surface area contributed by atoms with E-state index in [0.29, 0.717) is 0 Å². The minimum Gasteiger partial charge on any atom is -0.390 e. The van der Waals surface area contributed by atoms with Crippen LogP contribution >= 0.6 is 0 Å². The monoisotopic (exact) mass is 186 g/mol. The van der Waals surface area contributed by atoms with Crippen LogP contribution in [0.25, 0.3) is 0 Å². The van der Waals surface area contributed by atoms with E-state index in [0.717, 1.165) is 0 Å². The summed E-state index contributed by atoms with van der Waals surface area (Å²) in [6.07, 6.45) is -1.11. The van der Waals surface area contributed by atoms with Gasteiger partial charge in [-0.05, 0) is 5.92 Å². The number of ketones is 1. The van der Waals surface area contributed by atoms with Crippen molar-refractivity contribution < 1.29 is 14.6 Å². The highest BCUT2D eigenvalue weighted by atomic mass is 16.6. The van der Waals surface area contributed by atoms with Crippen LogP contribution < -0.4 is 0 Å². The van der Waals surface area contributed by atoms with Crippen LogP contribution in [0.1, 0.15) is 27.7 Å². The van der Waals surface area contributed by atoms with Gasteiger partial charge in [-0.15, -0.1) is 0 Å². The van der Waals surface area contributed by atoms with Crippen molar-refractivity contribution in [3.05, 3.63) is 0 Å². The highest BCUT2D eigenvalue weighted by molar-refractivity contribution is 5.87. The smallest absolute Gasteiger partial charge is 0.166 e. The van der Waals surface area contributed by atoms with E-state index < -0.39 is 6.10 Å². The zero-order valence-electron chi connectivity index (χ0n) is 8.65. The lowest BCUT2D eigenvalue weighted by atomic mass is 9.97. The first kappa shape index (κ1) is 10.7. The van der Waals surface area contributed by atoms with Gasteiger partial charge in [0.05, 0.1) is 6.10 Å². The number of carbonyl (C=O) groups is 1. The topological polar surface area (TPSA) is 49.8 Å². The second-order valence-electron chi connectivity index (χ2n) is 4.31. The molecule has 0 aromatic rings. The molecule has 1 aliphatic heterocycles. The highest BCUT2D eigenvalue weighted by Crippen LogP contribution is 2.31. The fourth-order valence-electron chi connectivity index (χ4n) is 1.32. The van der Waals surface area contributed by atoms with Gasteiger partial charge >= 0.3 is 0 Å². The Bertz CT molecular complexity index is 198. The first-order valence-electron chi connectivity index (χ1n) is 4.82. The summed E-state index contributed by atoms with van der Waals surface area (Å²) >= 11 is 0. The molecular weight excluding hydrogens is 168 g/mol. The molecule has 1 rings (SSSR count). The molecule has 1 saturated heterocycles. The Morgan fingerprint density at radius 3 is 2.23 bits per heavy atom. The molecule has 0 bridgehead atoms. The zero-order valence-corrected chi connectivity index (χ0v) is 8.65. The molecule has 1 aliphatic rings. The van der Waals surface area contributed by atoms with Gasteiger partial charge in [-0.1, -0.05) is 27.7 Å². The maximum atomic E-state index is 11.4. The maximum Gasteiger partial charge on any atom is 0.166 e. The molecule has 13 heavy (non-hydrogen) atoms. The van der Waals surface area contributed by atoms with E-state index in [2.05, 4.69) is 0 Å². The number of ether oxygens (including phenoxy) is 1. The molecule has 0 radical (unpaired) electrons. The SMILES string of the molecule is CC(C)C(=O)[C@H]1O[C@H]1[C@@H](O)C(C)C. The van der Waals surface area contributed by atoms with Crippen molar-refractivity contribution in [2.75, 3.05) is 0 Å². The van der Waals surface area contributed by atoms with Crippen LogP contribution in [0.4, 0.5) is 0 Å². The molecule has 0 aromatic carbocycles. The Kier molecular flexibility index (Phi) is 3.09. The Morgan fingerprint density at radius 2 is 1.85 bits per heavy atom. The van der Waals surface area contributed by atoms with Crippen molar-refractivity contribution in [2.45, 2.75) is 46.0 Å². The summed E-state index contributed by atoms with van der Waals surface area (Å²) in [5.74, 6) is 0.244. The van der Waals surface area contributed by atoms with Gasteiger partial charge in [-0.25, -0.2) is 0 Å². The van der Waals surface area contributed by atoms with E-state index in [4.69, 9.17) is 4.74 Å². The van der Waals surface area contributed by atoms with E-state index in [1.165, 1.54) is 0 Å². The lowest BCUT2D eigenvalue weighted by Crippen LogP contribution is -2.27. The van der Waals surface area contributed by atoms with Gasteiger partial charge in [0.15, 0.2) is 5.78 Å². The normalized spacial score (nSPS) is 29.5. The van der Waals surface area contributed by atoms with Crippen LogP contribution in [-0.2, 0) is 9.53 Å². The summed E-state index contributed by atoms with van der Waals surface area (Å²) in [6.45, 7) is 7.54. The predicted octanol–water partition coefficient (Wildman–Crippen LogP) is 0.996. The molecule has 3 nitrogen and oxygen atoms in total. The summed E-state index contributed by atoms with van der Waals surface area (Å²) in [7, 11) is 0. The first-order valence-corrected chi connectivity index (χ1v) is 4.82. The predicted molar refractivity (Wildman–Crippen MR) is 49.4 cm³/mol. The molecular formula is C10H18O3. The van der Waals surface area contributed by atoms with Gasteiger partial charge in [0.2, 0.25) is 0 Å². The maximum absolute atomic E-state index is 11.4. The van der Waals surface area contributed by atoms with Crippen molar-refractivity contribution in [1.29, 1.82) is 0 Å². The van der Waals surface area contributed by atoms with Gasteiger partial charge < -0.3 is 9.84 Å². The van der Waals surface area contributed by atoms with Gasteiger partial charge in [0, 0.05) is 5.92 Å². The molecule has 1 N–H and O–H groups in total. The largest absolute Gasteiger partial charge is 0.390 e. The molecule has 3 heteroatoms. The first-order chi connectivity index (χ1) is 5.95. The second-order valence-corrected chi connectivity index (χ2v) is 4.31. The van der Waals surface area contributed by atoms with E-state index in [-0.39, 0.29) is 29.8 Å². The third kappa shape index (κ3) is 2.29. The Hall–Kier alpha value is -0.410. The second kappa shape index (κ2) is 3.76. The number of aliphatic hydroxyl groups is 1. The summed E-state index contributed by atoms with van der Waals surface area (Å²) in [4.78, 5) is 11.4. The minimum atomic E-state index is -0.507. The van der Waals surface area contributed by atoms with Gasteiger partial charge in [-0.3, -0.25) is 4.79 Å². The number of hydrogen-bond donors (Lipinski definition) is 1. The van der Waals surface area contributed by atoms with Crippen molar-refractivity contribution in [3.63, 3.8) is 0 Å². The molecule has 0 aromatic heterocycles. The molecule has 0 unspecified atom stereocenters. The Labute approximate surface area is 79.1 Å². The lowest BCUT2D eigenvalue weighted by molar-refractivity contribution is -0.123. The van der Waals surface area contributed by atoms with Gasteiger partial charge in [0.25, 0.3) is 0 Å². The molecule has 0 spiro atoms. The van der Waals surface area contributed by atoms with Crippen molar-refractivity contribution in [2.24, 2.45) is 11.8 Å². The molecule has 76 valence electrons. The average molecular weight is 186 g/mol. The molecule has 0 aliphatic carbocycles. The van der Waals surface area contributed by atoms with Crippen LogP contribution in [0.15, 0.2) is 0 Å². The third-order valence-electron chi connectivity index (χ3n) is 2.39. The summed E-state index contributed by atoms with van der Waals surface area (Å²) in [6, 6.07) is 0. The summed E-state index contributed by atoms with van der Waals surface area (Å²) < 4.78 is 5.16. The van der Waals surface area contributed by atoms with E-state index in [1.807, 2.05) is 27.7 Å². The van der Waals surface area contributed by atoms with Crippen LogP contribution in [0.5, 0.6) is 0 Å². The van der Waals surface area contributed by atoms with E-state index in [9.17, 15) is 9.90 Å².